The molecule has 0 unspecified atom stereocenters. The van der Waals surface area contributed by atoms with Crippen LogP contribution in [0, 0.1) is 0 Å². The number of carbonyl (C=O) groups is 3. The van der Waals surface area contributed by atoms with E-state index in [1.807, 2.05) is 6.07 Å². The van der Waals surface area contributed by atoms with Gasteiger partial charge in [-0.25, -0.2) is 0 Å². The molecule has 2 N–H and O–H groups in total. The Morgan fingerprint density at radius 3 is 2.39 bits per heavy atom. The van der Waals surface area contributed by atoms with E-state index >= 15 is 0 Å². The Morgan fingerprint density at radius 2 is 1.68 bits per heavy atom. The first-order valence-electron chi connectivity index (χ1n) is 9.22. The molecule has 1 saturated heterocycles. The van der Waals surface area contributed by atoms with Gasteiger partial charge < -0.3 is 15.5 Å². The average molecular weight is 400 g/mol. The fraction of sp³-hybridized carbons (Fsp3) is 0.286. The molecule has 7 heteroatoms. The van der Waals surface area contributed by atoms with E-state index in [1.165, 1.54) is 0 Å². The SMILES string of the molecule is O=C(CNc1ccc(Cl)cc1C(=O)c1ccccc1)NCC(=O)N1CCCC1. The van der Waals surface area contributed by atoms with E-state index in [4.69, 9.17) is 11.6 Å². The minimum atomic E-state index is -0.319. The van der Waals surface area contributed by atoms with Crippen molar-refractivity contribution >= 4 is 34.9 Å². The second-order valence-electron chi connectivity index (χ2n) is 6.60. The van der Waals surface area contributed by atoms with E-state index < -0.39 is 0 Å². The molecule has 1 fully saturated rings. The zero-order chi connectivity index (χ0) is 19.9. The molecule has 146 valence electrons. The summed E-state index contributed by atoms with van der Waals surface area (Å²) in [5.41, 5.74) is 1.44. The summed E-state index contributed by atoms with van der Waals surface area (Å²) >= 11 is 6.06. The first-order valence-corrected chi connectivity index (χ1v) is 9.60. The lowest BCUT2D eigenvalue weighted by Crippen LogP contribution is -2.40. The molecule has 1 aliphatic rings. The van der Waals surface area contributed by atoms with Crippen LogP contribution in [-0.2, 0) is 9.59 Å². The van der Waals surface area contributed by atoms with Crippen molar-refractivity contribution < 1.29 is 14.4 Å². The molecular formula is C21H22ClN3O3. The van der Waals surface area contributed by atoms with Crippen LogP contribution in [0.3, 0.4) is 0 Å². The number of ketones is 1. The molecule has 0 aliphatic carbocycles. The molecule has 1 aliphatic heterocycles. The van der Waals surface area contributed by atoms with Crippen molar-refractivity contribution in [2.45, 2.75) is 12.8 Å². The molecule has 0 aromatic heterocycles. The predicted molar refractivity (Wildman–Crippen MR) is 109 cm³/mol. The Labute approximate surface area is 168 Å². The van der Waals surface area contributed by atoms with Crippen molar-refractivity contribution in [2.24, 2.45) is 0 Å². The number of benzene rings is 2. The molecule has 0 atom stereocenters. The first-order chi connectivity index (χ1) is 13.5. The fourth-order valence-corrected chi connectivity index (χ4v) is 3.27. The van der Waals surface area contributed by atoms with Gasteiger partial charge in [-0.05, 0) is 31.0 Å². The molecule has 0 radical (unpaired) electrons. The van der Waals surface area contributed by atoms with Crippen LogP contribution >= 0.6 is 11.6 Å². The number of nitrogens with one attached hydrogen (secondary N) is 2. The monoisotopic (exact) mass is 399 g/mol. The number of hydrogen-bond donors (Lipinski definition) is 2. The average Bonchev–Trinajstić information content (AvgIpc) is 3.26. The van der Waals surface area contributed by atoms with Gasteiger partial charge >= 0.3 is 0 Å². The van der Waals surface area contributed by atoms with Crippen molar-refractivity contribution in [3.63, 3.8) is 0 Å². The lowest BCUT2D eigenvalue weighted by atomic mass is 10.0. The maximum absolute atomic E-state index is 12.8. The Balaban J connectivity index is 1.60. The van der Waals surface area contributed by atoms with E-state index in [9.17, 15) is 14.4 Å². The van der Waals surface area contributed by atoms with Gasteiger partial charge in [0.25, 0.3) is 0 Å². The molecule has 2 aromatic carbocycles. The number of likely N-dealkylation sites (tertiary alicyclic amines) is 1. The number of amides is 2. The van der Waals surface area contributed by atoms with Crippen molar-refractivity contribution in [3.05, 3.63) is 64.7 Å². The second-order valence-corrected chi connectivity index (χ2v) is 7.04. The Hall–Kier alpha value is -2.86. The summed E-state index contributed by atoms with van der Waals surface area (Å²) in [6.45, 7) is 1.44. The third-order valence-electron chi connectivity index (χ3n) is 4.60. The molecule has 6 nitrogen and oxygen atoms in total. The van der Waals surface area contributed by atoms with Gasteiger partial charge in [-0.3, -0.25) is 14.4 Å². The van der Waals surface area contributed by atoms with Gasteiger partial charge in [-0.2, -0.15) is 0 Å². The Kier molecular flexibility index (Phi) is 6.66. The molecular weight excluding hydrogens is 378 g/mol. The molecule has 2 aromatic rings. The second kappa shape index (κ2) is 9.37. The van der Waals surface area contributed by atoms with E-state index in [1.54, 1.807) is 47.4 Å². The molecule has 28 heavy (non-hydrogen) atoms. The summed E-state index contributed by atoms with van der Waals surface area (Å²) in [5, 5.41) is 6.02. The fourth-order valence-electron chi connectivity index (χ4n) is 3.09. The largest absolute Gasteiger partial charge is 0.376 e. The van der Waals surface area contributed by atoms with E-state index in [0.717, 1.165) is 25.9 Å². The molecule has 2 amide bonds. The van der Waals surface area contributed by atoms with Crippen LogP contribution in [0.15, 0.2) is 48.5 Å². The summed E-state index contributed by atoms with van der Waals surface area (Å²) in [6, 6.07) is 13.8. The topological polar surface area (TPSA) is 78.5 Å². The van der Waals surface area contributed by atoms with Gasteiger partial charge in [0.05, 0.1) is 13.1 Å². The van der Waals surface area contributed by atoms with Crippen molar-refractivity contribution in [2.75, 3.05) is 31.5 Å². The summed E-state index contributed by atoms with van der Waals surface area (Å²) in [7, 11) is 0. The third kappa shape index (κ3) is 5.10. The van der Waals surface area contributed by atoms with E-state index in [-0.39, 0.29) is 30.7 Å². The maximum Gasteiger partial charge on any atom is 0.241 e. The highest BCUT2D eigenvalue weighted by molar-refractivity contribution is 6.31. The van der Waals surface area contributed by atoms with E-state index in [0.29, 0.717) is 21.8 Å². The molecule has 0 spiro atoms. The normalized spacial score (nSPS) is 13.2. The minimum absolute atomic E-state index is 0.0169. The number of halogens is 1. The molecule has 0 bridgehead atoms. The van der Waals surface area contributed by atoms with Crippen molar-refractivity contribution in [1.82, 2.24) is 10.2 Å². The van der Waals surface area contributed by atoms with Crippen LogP contribution in [0.5, 0.6) is 0 Å². The molecule has 1 heterocycles. The van der Waals surface area contributed by atoms with Crippen LogP contribution in [0.25, 0.3) is 0 Å². The smallest absolute Gasteiger partial charge is 0.241 e. The highest BCUT2D eigenvalue weighted by Gasteiger charge is 2.18. The number of hydrogen-bond acceptors (Lipinski definition) is 4. The number of carbonyl (C=O) groups excluding carboxylic acids is 3. The predicted octanol–water partition coefficient (Wildman–Crippen LogP) is 2.72. The van der Waals surface area contributed by atoms with Crippen molar-refractivity contribution in [1.29, 1.82) is 0 Å². The number of anilines is 1. The quantitative estimate of drug-likeness (QED) is 0.702. The third-order valence-corrected chi connectivity index (χ3v) is 4.83. The van der Waals surface area contributed by atoms with Crippen LogP contribution < -0.4 is 10.6 Å². The standard InChI is InChI=1S/C21H22ClN3O3/c22-16-8-9-18(17(12-16)21(28)15-6-2-1-3-7-15)23-13-19(26)24-14-20(27)25-10-4-5-11-25/h1-3,6-9,12,23H,4-5,10-11,13-14H2,(H,24,26). The highest BCUT2D eigenvalue weighted by atomic mass is 35.5. The zero-order valence-corrected chi connectivity index (χ0v) is 16.2. The summed E-state index contributed by atoms with van der Waals surface area (Å²) in [5.74, 6) is -0.576. The van der Waals surface area contributed by atoms with Gasteiger partial charge in [0.15, 0.2) is 5.78 Å². The van der Waals surface area contributed by atoms with Gasteiger partial charge in [0, 0.05) is 34.9 Å². The first kappa shape index (κ1) is 19.9. The van der Waals surface area contributed by atoms with Crippen LogP contribution in [-0.4, -0.2) is 48.7 Å². The van der Waals surface area contributed by atoms with Gasteiger partial charge in [-0.1, -0.05) is 41.9 Å². The van der Waals surface area contributed by atoms with Crippen LogP contribution in [0.1, 0.15) is 28.8 Å². The number of nitrogens with zero attached hydrogens (tertiary/aromatic N) is 1. The van der Waals surface area contributed by atoms with E-state index in [2.05, 4.69) is 10.6 Å². The van der Waals surface area contributed by atoms with Gasteiger partial charge in [0.1, 0.15) is 0 Å². The van der Waals surface area contributed by atoms with Crippen molar-refractivity contribution in [3.8, 4) is 0 Å². The van der Waals surface area contributed by atoms with Gasteiger partial charge in [0.2, 0.25) is 11.8 Å². The van der Waals surface area contributed by atoms with Crippen LogP contribution in [0.4, 0.5) is 5.69 Å². The number of rotatable bonds is 7. The van der Waals surface area contributed by atoms with Crippen LogP contribution in [0.2, 0.25) is 5.02 Å². The maximum atomic E-state index is 12.8. The molecule has 0 saturated carbocycles. The Morgan fingerprint density at radius 1 is 0.964 bits per heavy atom. The zero-order valence-electron chi connectivity index (χ0n) is 15.4. The summed E-state index contributed by atoms with van der Waals surface area (Å²) in [6.07, 6.45) is 2.02. The Bertz CT molecular complexity index is 864. The lowest BCUT2D eigenvalue weighted by Gasteiger charge is -2.16. The highest BCUT2D eigenvalue weighted by Crippen LogP contribution is 2.23. The van der Waals surface area contributed by atoms with Gasteiger partial charge in [-0.15, -0.1) is 0 Å². The summed E-state index contributed by atoms with van der Waals surface area (Å²) in [4.78, 5) is 38.6. The minimum Gasteiger partial charge on any atom is -0.376 e. The summed E-state index contributed by atoms with van der Waals surface area (Å²) < 4.78 is 0. The lowest BCUT2D eigenvalue weighted by molar-refractivity contribution is -0.131. The molecule has 3 rings (SSSR count).